The Hall–Kier alpha value is -2.10. The Labute approximate surface area is 94.3 Å². The summed E-state index contributed by atoms with van der Waals surface area (Å²) in [5.74, 6) is -0.984. The normalized spacial score (nSPS) is 9.38. The van der Waals surface area contributed by atoms with Crippen LogP contribution in [0.2, 0.25) is 0 Å². The van der Waals surface area contributed by atoms with Crippen molar-refractivity contribution in [3.8, 4) is 0 Å². The van der Waals surface area contributed by atoms with E-state index in [0.717, 1.165) is 11.3 Å². The highest BCUT2D eigenvalue weighted by atomic mass is 16.4. The second-order valence-corrected chi connectivity index (χ2v) is 3.47. The Morgan fingerprint density at radius 1 is 1.56 bits per heavy atom. The summed E-state index contributed by atoms with van der Waals surface area (Å²) >= 11 is 0. The number of carboxylic acids is 1. The van der Waals surface area contributed by atoms with Crippen LogP contribution in [0.3, 0.4) is 0 Å². The number of aromatic carboxylic acids is 1. The number of pyridine rings is 1. The predicted molar refractivity (Wildman–Crippen MR) is 63.4 cm³/mol. The quantitative estimate of drug-likeness (QED) is 0.763. The van der Waals surface area contributed by atoms with Crippen LogP contribution in [0, 0.1) is 0 Å². The summed E-state index contributed by atoms with van der Waals surface area (Å²) in [6, 6.07) is 1.45. The van der Waals surface area contributed by atoms with Crippen LogP contribution in [-0.2, 0) is 0 Å². The van der Waals surface area contributed by atoms with E-state index in [1.807, 2.05) is 13.8 Å². The number of carboxylic acid groups (broad SMARTS) is 1. The van der Waals surface area contributed by atoms with Gasteiger partial charge in [0.1, 0.15) is 0 Å². The zero-order valence-electron chi connectivity index (χ0n) is 9.32. The molecule has 1 aromatic heterocycles. The Morgan fingerprint density at radius 3 is 2.75 bits per heavy atom. The number of aromatic nitrogens is 1. The van der Waals surface area contributed by atoms with Crippen LogP contribution in [0.25, 0.3) is 0 Å². The number of hydrogen-bond acceptors (Lipinski definition) is 3. The van der Waals surface area contributed by atoms with Gasteiger partial charge in [0, 0.05) is 11.9 Å². The van der Waals surface area contributed by atoms with Crippen molar-refractivity contribution < 1.29 is 9.90 Å². The minimum atomic E-state index is -0.984. The van der Waals surface area contributed by atoms with Gasteiger partial charge in [-0.05, 0) is 26.0 Å². The number of nitrogens with one attached hydrogen (secondary N) is 1. The van der Waals surface area contributed by atoms with Gasteiger partial charge >= 0.3 is 5.97 Å². The number of hydrogen-bond donors (Lipinski definition) is 2. The first-order valence-corrected chi connectivity index (χ1v) is 4.80. The molecular formula is C12H14N2O2. The Bertz CT molecular complexity index is 446. The zero-order valence-corrected chi connectivity index (χ0v) is 9.32. The Morgan fingerprint density at radius 2 is 2.25 bits per heavy atom. The van der Waals surface area contributed by atoms with Crippen molar-refractivity contribution in [2.45, 2.75) is 13.8 Å². The fraction of sp³-hybridized carbons (Fsp3) is 0.167. The number of nitrogens with zero attached hydrogens (tertiary/aromatic N) is 1. The van der Waals surface area contributed by atoms with Crippen molar-refractivity contribution >= 4 is 11.7 Å². The maximum atomic E-state index is 11.0. The molecule has 1 rings (SSSR count). The number of anilines is 1. The van der Waals surface area contributed by atoms with Gasteiger partial charge in [-0.1, -0.05) is 12.2 Å². The molecule has 0 aliphatic carbocycles. The van der Waals surface area contributed by atoms with E-state index in [0.29, 0.717) is 5.69 Å². The standard InChI is InChI=1S/C12H14N2O2/c1-4-10(8(2)3)14-11-7-13-6-5-9(11)12(15)16/h4-7,14H,1H2,2-3H3,(H,15,16). The molecule has 16 heavy (non-hydrogen) atoms. The lowest BCUT2D eigenvalue weighted by Gasteiger charge is -2.10. The average Bonchev–Trinajstić information content (AvgIpc) is 2.25. The second kappa shape index (κ2) is 5.11. The van der Waals surface area contributed by atoms with Gasteiger partial charge in [-0.2, -0.15) is 0 Å². The van der Waals surface area contributed by atoms with Crippen LogP contribution in [-0.4, -0.2) is 16.1 Å². The summed E-state index contributed by atoms with van der Waals surface area (Å²) in [5.41, 5.74) is 2.47. The zero-order chi connectivity index (χ0) is 12.1. The molecule has 0 atom stereocenters. The van der Waals surface area contributed by atoms with E-state index in [2.05, 4.69) is 16.9 Å². The topological polar surface area (TPSA) is 62.2 Å². The highest BCUT2D eigenvalue weighted by Crippen LogP contribution is 2.17. The fourth-order valence-electron chi connectivity index (χ4n) is 1.21. The van der Waals surface area contributed by atoms with Crippen molar-refractivity contribution in [3.05, 3.63) is 47.9 Å². The van der Waals surface area contributed by atoms with Crippen molar-refractivity contribution in [1.29, 1.82) is 0 Å². The molecule has 0 saturated heterocycles. The molecule has 0 aromatic carbocycles. The maximum Gasteiger partial charge on any atom is 0.337 e. The van der Waals surface area contributed by atoms with E-state index < -0.39 is 5.97 Å². The molecule has 0 unspecified atom stereocenters. The van der Waals surface area contributed by atoms with Gasteiger partial charge < -0.3 is 10.4 Å². The van der Waals surface area contributed by atoms with Crippen molar-refractivity contribution in [1.82, 2.24) is 4.98 Å². The first kappa shape index (κ1) is 12.0. The molecule has 1 aromatic rings. The molecule has 84 valence electrons. The highest BCUT2D eigenvalue weighted by Gasteiger charge is 2.09. The first-order valence-electron chi connectivity index (χ1n) is 4.80. The molecule has 0 saturated carbocycles. The summed E-state index contributed by atoms with van der Waals surface area (Å²) in [6.07, 6.45) is 4.58. The first-order chi connectivity index (χ1) is 7.56. The summed E-state index contributed by atoms with van der Waals surface area (Å²) in [7, 11) is 0. The second-order valence-electron chi connectivity index (χ2n) is 3.47. The molecule has 1 heterocycles. The number of allylic oxidation sites excluding steroid dienone is 2. The Balaban J connectivity index is 3.11. The minimum Gasteiger partial charge on any atom is -0.478 e. The molecule has 0 aliphatic heterocycles. The molecule has 0 bridgehead atoms. The van der Waals surface area contributed by atoms with Crippen LogP contribution in [0.4, 0.5) is 5.69 Å². The average molecular weight is 218 g/mol. The number of carbonyl (C=O) groups is 1. The monoisotopic (exact) mass is 218 g/mol. The van der Waals surface area contributed by atoms with E-state index in [1.165, 1.54) is 18.5 Å². The van der Waals surface area contributed by atoms with Crippen LogP contribution < -0.4 is 5.32 Å². The van der Waals surface area contributed by atoms with Gasteiger partial charge in [0.05, 0.1) is 17.4 Å². The van der Waals surface area contributed by atoms with Crippen LogP contribution in [0.5, 0.6) is 0 Å². The fourth-order valence-corrected chi connectivity index (χ4v) is 1.21. The largest absolute Gasteiger partial charge is 0.478 e. The molecule has 4 heteroatoms. The van der Waals surface area contributed by atoms with E-state index in [9.17, 15) is 4.79 Å². The van der Waals surface area contributed by atoms with Gasteiger partial charge in [0.15, 0.2) is 0 Å². The van der Waals surface area contributed by atoms with Crippen LogP contribution in [0.1, 0.15) is 24.2 Å². The lowest BCUT2D eigenvalue weighted by Crippen LogP contribution is -2.06. The van der Waals surface area contributed by atoms with E-state index in [-0.39, 0.29) is 5.56 Å². The van der Waals surface area contributed by atoms with Gasteiger partial charge in [-0.25, -0.2) is 4.79 Å². The molecule has 0 spiro atoms. The lowest BCUT2D eigenvalue weighted by molar-refractivity contribution is 0.0698. The molecule has 0 amide bonds. The molecule has 0 fully saturated rings. The number of rotatable bonds is 4. The van der Waals surface area contributed by atoms with Crippen LogP contribution in [0.15, 0.2) is 42.4 Å². The molecule has 2 N–H and O–H groups in total. The summed E-state index contributed by atoms with van der Waals surface area (Å²) in [5, 5.41) is 12.0. The van der Waals surface area contributed by atoms with Gasteiger partial charge in [-0.3, -0.25) is 4.98 Å². The maximum absolute atomic E-state index is 11.0. The van der Waals surface area contributed by atoms with E-state index in [4.69, 9.17) is 5.11 Å². The SMILES string of the molecule is C=CC(Nc1cnccc1C(=O)O)=C(C)C. The Kier molecular flexibility index (Phi) is 3.83. The third-order valence-corrected chi connectivity index (χ3v) is 2.06. The van der Waals surface area contributed by atoms with E-state index >= 15 is 0 Å². The smallest absolute Gasteiger partial charge is 0.337 e. The van der Waals surface area contributed by atoms with E-state index in [1.54, 1.807) is 6.08 Å². The summed E-state index contributed by atoms with van der Waals surface area (Å²) < 4.78 is 0. The third-order valence-electron chi connectivity index (χ3n) is 2.06. The molecular weight excluding hydrogens is 204 g/mol. The summed E-state index contributed by atoms with van der Waals surface area (Å²) in [4.78, 5) is 14.8. The third kappa shape index (κ3) is 2.70. The highest BCUT2D eigenvalue weighted by molar-refractivity contribution is 5.94. The van der Waals surface area contributed by atoms with Crippen molar-refractivity contribution in [2.24, 2.45) is 0 Å². The predicted octanol–water partition coefficient (Wildman–Crippen LogP) is 2.67. The molecule has 0 radical (unpaired) electrons. The lowest BCUT2D eigenvalue weighted by atomic mass is 10.2. The summed E-state index contributed by atoms with van der Waals surface area (Å²) in [6.45, 7) is 7.50. The van der Waals surface area contributed by atoms with Gasteiger partial charge in [0.2, 0.25) is 0 Å². The molecule has 4 nitrogen and oxygen atoms in total. The molecule has 0 aliphatic rings. The van der Waals surface area contributed by atoms with Gasteiger partial charge in [-0.15, -0.1) is 0 Å². The van der Waals surface area contributed by atoms with Crippen molar-refractivity contribution in [3.63, 3.8) is 0 Å². The van der Waals surface area contributed by atoms with Gasteiger partial charge in [0.25, 0.3) is 0 Å². The van der Waals surface area contributed by atoms with Crippen LogP contribution >= 0.6 is 0 Å². The minimum absolute atomic E-state index is 0.190. The van der Waals surface area contributed by atoms with Crippen molar-refractivity contribution in [2.75, 3.05) is 5.32 Å².